The summed E-state index contributed by atoms with van der Waals surface area (Å²) in [5.74, 6) is -0.0301. The van der Waals surface area contributed by atoms with Crippen LogP contribution in [0.2, 0.25) is 0 Å². The second-order valence-electron chi connectivity index (χ2n) is 3.60. The monoisotopic (exact) mass is 263 g/mol. The Hall–Kier alpha value is -1.88. The van der Waals surface area contributed by atoms with Crippen LogP contribution in [0.15, 0.2) is 35.8 Å². The molecular formula is C13H13NO3S. The predicted molar refractivity (Wildman–Crippen MR) is 69.0 cm³/mol. The first kappa shape index (κ1) is 12.6. The molecular weight excluding hydrogens is 250 g/mol. The van der Waals surface area contributed by atoms with Gasteiger partial charge in [-0.1, -0.05) is 12.1 Å². The molecule has 0 aliphatic heterocycles. The van der Waals surface area contributed by atoms with Crippen molar-refractivity contribution in [2.24, 2.45) is 0 Å². The van der Waals surface area contributed by atoms with E-state index in [-0.39, 0.29) is 5.97 Å². The van der Waals surface area contributed by atoms with Gasteiger partial charge in [0.15, 0.2) is 0 Å². The molecule has 0 N–H and O–H groups in total. The van der Waals surface area contributed by atoms with Crippen LogP contribution in [0.4, 0.5) is 0 Å². The van der Waals surface area contributed by atoms with Crippen molar-refractivity contribution in [2.45, 2.75) is 5.92 Å². The van der Waals surface area contributed by atoms with Crippen LogP contribution in [-0.2, 0) is 9.53 Å². The Morgan fingerprint density at radius 3 is 2.50 bits per heavy atom. The molecule has 1 aromatic heterocycles. The third kappa shape index (κ3) is 2.51. The predicted octanol–water partition coefficient (Wildman–Crippen LogP) is 2.46. The van der Waals surface area contributed by atoms with Gasteiger partial charge in [0.25, 0.3) is 0 Å². The second-order valence-corrected chi connectivity index (χ2v) is 4.53. The Morgan fingerprint density at radius 1 is 1.28 bits per heavy atom. The van der Waals surface area contributed by atoms with Crippen molar-refractivity contribution in [1.82, 2.24) is 4.98 Å². The molecule has 0 radical (unpaired) electrons. The van der Waals surface area contributed by atoms with E-state index in [1.165, 1.54) is 18.4 Å². The van der Waals surface area contributed by atoms with Gasteiger partial charge in [0, 0.05) is 11.6 Å². The lowest BCUT2D eigenvalue weighted by Gasteiger charge is -2.12. The lowest BCUT2D eigenvalue weighted by molar-refractivity contribution is -0.141. The Kier molecular flexibility index (Phi) is 3.94. The molecule has 1 atom stereocenters. The fourth-order valence-electron chi connectivity index (χ4n) is 1.67. The Bertz CT molecular complexity index is 508. The molecule has 1 heterocycles. The molecule has 0 amide bonds. The average Bonchev–Trinajstić information content (AvgIpc) is 2.93. The summed E-state index contributed by atoms with van der Waals surface area (Å²) in [6, 6.07) is 7.33. The Balaban J connectivity index is 2.37. The molecule has 0 fully saturated rings. The normalized spacial score (nSPS) is 11.9. The summed E-state index contributed by atoms with van der Waals surface area (Å²) in [6.45, 7) is 0. The first-order valence-electron chi connectivity index (χ1n) is 5.37. The highest BCUT2D eigenvalue weighted by molar-refractivity contribution is 7.09. The smallest absolute Gasteiger partial charge is 0.320 e. The fraction of sp³-hybridized carbons (Fsp3) is 0.231. The molecule has 4 nitrogen and oxygen atoms in total. The van der Waals surface area contributed by atoms with Gasteiger partial charge in [0.05, 0.1) is 14.2 Å². The largest absolute Gasteiger partial charge is 0.497 e. The van der Waals surface area contributed by atoms with Gasteiger partial charge in [-0.2, -0.15) is 0 Å². The molecule has 2 aromatic rings. The van der Waals surface area contributed by atoms with Crippen LogP contribution in [0.1, 0.15) is 16.5 Å². The molecule has 1 unspecified atom stereocenters. The maximum Gasteiger partial charge on any atom is 0.320 e. The topological polar surface area (TPSA) is 48.4 Å². The van der Waals surface area contributed by atoms with Gasteiger partial charge in [-0.25, -0.2) is 4.98 Å². The fourth-order valence-corrected chi connectivity index (χ4v) is 2.42. The van der Waals surface area contributed by atoms with Gasteiger partial charge in [0.1, 0.15) is 16.7 Å². The molecule has 5 heteroatoms. The number of esters is 1. The van der Waals surface area contributed by atoms with Crippen molar-refractivity contribution < 1.29 is 14.3 Å². The lowest BCUT2D eigenvalue weighted by Crippen LogP contribution is -2.15. The number of carbonyl (C=O) groups excluding carboxylic acids is 1. The molecule has 0 spiro atoms. The maximum absolute atomic E-state index is 11.9. The van der Waals surface area contributed by atoms with E-state index in [2.05, 4.69) is 4.98 Å². The average molecular weight is 263 g/mol. The Labute approximate surface area is 109 Å². The minimum Gasteiger partial charge on any atom is -0.497 e. The van der Waals surface area contributed by atoms with Crippen LogP contribution in [0.25, 0.3) is 0 Å². The summed E-state index contributed by atoms with van der Waals surface area (Å²) in [5, 5.41) is 2.57. The number of hydrogen-bond donors (Lipinski definition) is 0. The summed E-state index contributed by atoms with van der Waals surface area (Å²) in [4.78, 5) is 16.1. The highest BCUT2D eigenvalue weighted by atomic mass is 32.1. The van der Waals surface area contributed by atoms with E-state index >= 15 is 0 Å². The van der Waals surface area contributed by atoms with Gasteiger partial charge in [0.2, 0.25) is 0 Å². The van der Waals surface area contributed by atoms with E-state index in [1.54, 1.807) is 13.3 Å². The highest BCUT2D eigenvalue weighted by Gasteiger charge is 2.25. The molecule has 1 aromatic carbocycles. The molecule has 2 rings (SSSR count). The van der Waals surface area contributed by atoms with Crippen molar-refractivity contribution >= 4 is 17.3 Å². The van der Waals surface area contributed by atoms with E-state index < -0.39 is 5.92 Å². The minimum absolute atomic E-state index is 0.310. The summed E-state index contributed by atoms with van der Waals surface area (Å²) in [7, 11) is 2.99. The first-order chi connectivity index (χ1) is 8.76. The van der Waals surface area contributed by atoms with Gasteiger partial charge in [-0.3, -0.25) is 4.79 Å². The third-order valence-corrected chi connectivity index (χ3v) is 3.42. The Morgan fingerprint density at radius 2 is 2.00 bits per heavy atom. The van der Waals surface area contributed by atoms with E-state index in [0.29, 0.717) is 0 Å². The van der Waals surface area contributed by atoms with Crippen molar-refractivity contribution in [2.75, 3.05) is 14.2 Å². The number of hydrogen-bond acceptors (Lipinski definition) is 5. The zero-order valence-corrected chi connectivity index (χ0v) is 10.9. The van der Waals surface area contributed by atoms with Crippen molar-refractivity contribution in [3.8, 4) is 5.75 Å². The third-order valence-electron chi connectivity index (χ3n) is 2.58. The summed E-state index contributed by atoms with van der Waals surface area (Å²) < 4.78 is 9.94. The summed E-state index contributed by atoms with van der Waals surface area (Å²) >= 11 is 1.44. The number of methoxy groups -OCH3 is 2. The van der Waals surface area contributed by atoms with Gasteiger partial charge in [-0.05, 0) is 17.7 Å². The summed E-state index contributed by atoms with van der Waals surface area (Å²) in [5.41, 5.74) is 0.845. The van der Waals surface area contributed by atoms with Crippen LogP contribution in [0.5, 0.6) is 5.75 Å². The van der Waals surface area contributed by atoms with Gasteiger partial charge < -0.3 is 9.47 Å². The van der Waals surface area contributed by atoms with Gasteiger partial charge >= 0.3 is 5.97 Å². The highest BCUT2D eigenvalue weighted by Crippen LogP contribution is 2.28. The molecule has 0 saturated carbocycles. The molecule has 0 aliphatic carbocycles. The molecule has 0 aliphatic rings. The molecule has 94 valence electrons. The van der Waals surface area contributed by atoms with E-state index in [4.69, 9.17) is 9.47 Å². The number of aromatic nitrogens is 1. The number of nitrogens with zero attached hydrogens (tertiary/aromatic N) is 1. The zero-order chi connectivity index (χ0) is 13.0. The van der Waals surface area contributed by atoms with E-state index in [0.717, 1.165) is 16.3 Å². The van der Waals surface area contributed by atoms with Crippen LogP contribution in [0, 0.1) is 0 Å². The number of rotatable bonds is 4. The van der Waals surface area contributed by atoms with Crippen molar-refractivity contribution in [1.29, 1.82) is 0 Å². The van der Waals surface area contributed by atoms with E-state index in [9.17, 15) is 4.79 Å². The van der Waals surface area contributed by atoms with E-state index in [1.807, 2.05) is 29.6 Å². The van der Waals surface area contributed by atoms with Gasteiger partial charge in [-0.15, -0.1) is 11.3 Å². The van der Waals surface area contributed by atoms with Crippen LogP contribution in [0.3, 0.4) is 0 Å². The number of ether oxygens (including phenoxy) is 2. The summed E-state index contributed by atoms with van der Waals surface area (Å²) in [6.07, 6.45) is 1.68. The minimum atomic E-state index is -0.471. The lowest BCUT2D eigenvalue weighted by atomic mass is 10.00. The van der Waals surface area contributed by atoms with Crippen molar-refractivity contribution in [3.63, 3.8) is 0 Å². The van der Waals surface area contributed by atoms with Crippen LogP contribution < -0.4 is 4.74 Å². The molecule has 18 heavy (non-hydrogen) atoms. The molecule has 0 saturated heterocycles. The SMILES string of the molecule is COC(=O)C(c1ccc(OC)cc1)c1nccs1. The number of thiazole rings is 1. The quantitative estimate of drug-likeness (QED) is 0.795. The number of benzene rings is 1. The first-order valence-corrected chi connectivity index (χ1v) is 6.25. The van der Waals surface area contributed by atoms with Crippen LogP contribution >= 0.6 is 11.3 Å². The number of carbonyl (C=O) groups is 1. The maximum atomic E-state index is 11.9. The zero-order valence-electron chi connectivity index (χ0n) is 10.1. The molecule has 0 bridgehead atoms. The van der Waals surface area contributed by atoms with Crippen molar-refractivity contribution in [3.05, 3.63) is 46.4 Å². The van der Waals surface area contributed by atoms with Crippen LogP contribution in [-0.4, -0.2) is 25.2 Å². The standard InChI is InChI=1S/C13H13NO3S/c1-16-10-5-3-9(4-6-10)11(13(15)17-2)12-14-7-8-18-12/h3-8,11H,1-2H3. The second kappa shape index (κ2) is 5.64.